The molecule has 1 atom stereocenters. The molecule has 0 saturated heterocycles. The summed E-state index contributed by atoms with van der Waals surface area (Å²) in [5.41, 5.74) is 0.747. The maximum absolute atomic E-state index is 9.24. The summed E-state index contributed by atoms with van der Waals surface area (Å²) in [5.74, 6) is 0.753. The van der Waals surface area contributed by atoms with Crippen molar-refractivity contribution in [1.82, 2.24) is 0 Å². The number of methoxy groups -OCH3 is 1. The Morgan fingerprint density at radius 1 is 1.36 bits per heavy atom. The minimum Gasteiger partial charge on any atom is -0.516 e. The lowest BCUT2D eigenvalue weighted by Crippen LogP contribution is -2.15. The van der Waals surface area contributed by atoms with Crippen LogP contribution in [0.25, 0.3) is 0 Å². The molecule has 1 rings (SSSR count). The van der Waals surface area contributed by atoms with Crippen molar-refractivity contribution >= 4 is 5.69 Å². The van der Waals surface area contributed by atoms with Gasteiger partial charge in [-0.3, -0.25) is 0 Å². The van der Waals surface area contributed by atoms with Crippen LogP contribution in [0.3, 0.4) is 0 Å². The number of anilines is 1. The molecule has 0 spiro atoms. The van der Waals surface area contributed by atoms with Gasteiger partial charge in [-0.25, -0.2) is 0 Å². The van der Waals surface area contributed by atoms with E-state index in [1.54, 1.807) is 31.4 Å². The van der Waals surface area contributed by atoms with Crippen LogP contribution < -0.4 is 10.1 Å². The Kier molecular flexibility index (Phi) is 3.82. The average molecular weight is 195 g/mol. The highest BCUT2D eigenvalue weighted by Gasteiger charge is 1.98. The average Bonchev–Trinajstić information content (AvgIpc) is 2.19. The van der Waals surface area contributed by atoms with Gasteiger partial charge in [0.1, 0.15) is 12.0 Å². The first-order valence-electron chi connectivity index (χ1n) is 4.16. The van der Waals surface area contributed by atoms with Gasteiger partial charge in [0.2, 0.25) is 0 Å². The number of ether oxygens (including phenoxy) is 1. The summed E-state index contributed by atoms with van der Waals surface area (Å²) in [6.45, 7) is 0. The van der Waals surface area contributed by atoms with Gasteiger partial charge in [-0.05, 0) is 30.3 Å². The Labute approximate surface area is 82.5 Å². The quantitative estimate of drug-likeness (QED) is 0.503. The van der Waals surface area contributed by atoms with Crippen molar-refractivity contribution in [2.75, 3.05) is 12.4 Å². The van der Waals surface area contributed by atoms with Gasteiger partial charge in [0.25, 0.3) is 0 Å². The second-order valence-corrected chi connectivity index (χ2v) is 2.66. The molecule has 1 aromatic carbocycles. The molecule has 1 unspecified atom stereocenters. The number of benzene rings is 1. The number of aliphatic hydroxyl groups excluding tert-OH is 2. The van der Waals surface area contributed by atoms with Crippen molar-refractivity contribution in [3.05, 3.63) is 36.6 Å². The standard InChI is InChI=1S/C10H13NO3/c1-14-9-4-2-8(3-5-9)11-10(13)6-7-12/h2-7,10-13H,1H3. The van der Waals surface area contributed by atoms with Crippen LogP contribution in [0.5, 0.6) is 5.75 Å². The van der Waals surface area contributed by atoms with Crippen molar-refractivity contribution in [2.24, 2.45) is 0 Å². The Balaban J connectivity index is 2.59. The number of hydrogen-bond donors (Lipinski definition) is 3. The van der Waals surface area contributed by atoms with E-state index in [0.29, 0.717) is 0 Å². The van der Waals surface area contributed by atoms with Crippen molar-refractivity contribution in [3.63, 3.8) is 0 Å². The van der Waals surface area contributed by atoms with E-state index in [4.69, 9.17) is 9.84 Å². The van der Waals surface area contributed by atoms with Gasteiger partial charge < -0.3 is 20.3 Å². The fourth-order valence-corrected chi connectivity index (χ4v) is 0.988. The zero-order valence-corrected chi connectivity index (χ0v) is 7.84. The van der Waals surface area contributed by atoms with Gasteiger partial charge in [-0.1, -0.05) is 0 Å². The number of nitrogens with one attached hydrogen (secondary N) is 1. The minimum atomic E-state index is -0.895. The lowest BCUT2D eigenvalue weighted by atomic mass is 10.3. The molecule has 0 aliphatic heterocycles. The van der Waals surface area contributed by atoms with Gasteiger partial charge in [-0.2, -0.15) is 0 Å². The normalized spacial score (nSPS) is 12.7. The lowest BCUT2D eigenvalue weighted by molar-refractivity contribution is 0.248. The molecule has 0 heterocycles. The van der Waals surface area contributed by atoms with E-state index < -0.39 is 6.23 Å². The molecule has 4 nitrogen and oxygen atoms in total. The minimum absolute atomic E-state index is 0.747. The van der Waals surface area contributed by atoms with E-state index in [1.807, 2.05) is 0 Å². The van der Waals surface area contributed by atoms with Gasteiger partial charge in [0.05, 0.1) is 13.4 Å². The predicted molar refractivity (Wildman–Crippen MR) is 54.4 cm³/mol. The molecule has 76 valence electrons. The molecule has 14 heavy (non-hydrogen) atoms. The molecule has 0 fully saturated rings. The van der Waals surface area contributed by atoms with Crippen LogP contribution in [0.1, 0.15) is 0 Å². The van der Waals surface area contributed by atoms with Crippen molar-refractivity contribution in [2.45, 2.75) is 6.23 Å². The molecule has 4 heteroatoms. The number of hydrogen-bond acceptors (Lipinski definition) is 4. The van der Waals surface area contributed by atoms with E-state index in [2.05, 4.69) is 5.32 Å². The van der Waals surface area contributed by atoms with E-state index in [0.717, 1.165) is 17.7 Å². The second kappa shape index (κ2) is 5.14. The SMILES string of the molecule is COc1ccc(NC(O)C=CO)cc1. The molecule has 0 bridgehead atoms. The number of aliphatic hydroxyl groups is 2. The van der Waals surface area contributed by atoms with E-state index >= 15 is 0 Å². The topological polar surface area (TPSA) is 61.7 Å². The summed E-state index contributed by atoms with van der Waals surface area (Å²) in [5, 5.41) is 20.4. The third-order valence-electron chi connectivity index (χ3n) is 1.67. The third-order valence-corrected chi connectivity index (χ3v) is 1.67. The van der Waals surface area contributed by atoms with Crippen LogP contribution in [-0.4, -0.2) is 23.6 Å². The number of rotatable bonds is 4. The lowest BCUT2D eigenvalue weighted by Gasteiger charge is -2.09. The first-order chi connectivity index (χ1) is 6.76. The van der Waals surface area contributed by atoms with Crippen LogP contribution in [0.2, 0.25) is 0 Å². The Hall–Kier alpha value is -1.68. The van der Waals surface area contributed by atoms with Crippen molar-refractivity contribution in [3.8, 4) is 5.75 Å². The highest BCUT2D eigenvalue weighted by molar-refractivity contribution is 5.47. The fourth-order valence-electron chi connectivity index (χ4n) is 0.988. The van der Waals surface area contributed by atoms with Gasteiger partial charge in [0.15, 0.2) is 0 Å². The summed E-state index contributed by atoms with van der Waals surface area (Å²) >= 11 is 0. The summed E-state index contributed by atoms with van der Waals surface area (Å²) in [4.78, 5) is 0. The Morgan fingerprint density at radius 2 is 2.00 bits per heavy atom. The van der Waals surface area contributed by atoms with Crippen molar-refractivity contribution in [1.29, 1.82) is 0 Å². The first kappa shape index (κ1) is 10.4. The third kappa shape index (κ3) is 2.99. The molecule has 0 saturated carbocycles. The highest BCUT2D eigenvalue weighted by Crippen LogP contribution is 2.15. The second-order valence-electron chi connectivity index (χ2n) is 2.66. The Bertz CT molecular complexity index is 295. The summed E-state index contributed by atoms with van der Waals surface area (Å²) in [7, 11) is 1.59. The van der Waals surface area contributed by atoms with E-state index in [-0.39, 0.29) is 0 Å². The fraction of sp³-hybridized carbons (Fsp3) is 0.200. The maximum atomic E-state index is 9.24. The van der Waals surface area contributed by atoms with Gasteiger partial charge >= 0.3 is 0 Å². The molecule has 3 N–H and O–H groups in total. The molecule has 0 radical (unpaired) electrons. The molecular formula is C10H13NO3. The van der Waals surface area contributed by atoms with Crippen LogP contribution >= 0.6 is 0 Å². The van der Waals surface area contributed by atoms with Crippen LogP contribution in [0.4, 0.5) is 5.69 Å². The molecule has 0 aliphatic rings. The summed E-state index contributed by atoms with van der Waals surface area (Å²) in [6.07, 6.45) is 1.12. The molecule has 0 amide bonds. The largest absolute Gasteiger partial charge is 0.516 e. The van der Waals surface area contributed by atoms with Crippen LogP contribution in [-0.2, 0) is 0 Å². The molecular weight excluding hydrogens is 182 g/mol. The predicted octanol–water partition coefficient (Wildman–Crippen LogP) is 1.50. The molecule has 1 aromatic rings. The summed E-state index contributed by atoms with van der Waals surface area (Å²) in [6, 6.07) is 7.09. The Morgan fingerprint density at radius 3 is 2.50 bits per heavy atom. The zero-order chi connectivity index (χ0) is 10.4. The van der Waals surface area contributed by atoms with Gasteiger partial charge in [0, 0.05) is 5.69 Å². The van der Waals surface area contributed by atoms with Crippen molar-refractivity contribution < 1.29 is 14.9 Å². The zero-order valence-electron chi connectivity index (χ0n) is 7.84. The highest BCUT2D eigenvalue weighted by atomic mass is 16.5. The van der Waals surface area contributed by atoms with Gasteiger partial charge in [-0.15, -0.1) is 0 Å². The van der Waals surface area contributed by atoms with Crippen LogP contribution in [0, 0.1) is 0 Å². The first-order valence-corrected chi connectivity index (χ1v) is 4.16. The molecule has 0 aromatic heterocycles. The van der Waals surface area contributed by atoms with E-state index in [1.165, 1.54) is 6.08 Å². The maximum Gasteiger partial charge on any atom is 0.147 e. The smallest absolute Gasteiger partial charge is 0.147 e. The monoisotopic (exact) mass is 195 g/mol. The van der Waals surface area contributed by atoms with Crippen LogP contribution in [0.15, 0.2) is 36.6 Å². The van der Waals surface area contributed by atoms with E-state index in [9.17, 15) is 5.11 Å². The molecule has 0 aliphatic carbocycles. The summed E-state index contributed by atoms with van der Waals surface area (Å²) < 4.78 is 4.98.